The normalized spacial score (nSPS) is 11.6. The Morgan fingerprint density at radius 2 is 0.651 bits per heavy atom. The number of aromatic nitrogens is 6. The molecule has 0 unspecified atom stereocenters. The zero-order valence-corrected chi connectivity index (χ0v) is 82.0. The van der Waals surface area contributed by atoms with E-state index in [1.165, 1.54) is 98.7 Å². The summed E-state index contributed by atoms with van der Waals surface area (Å²) in [6, 6.07) is 82.3. The fourth-order valence-electron chi connectivity index (χ4n) is 14.9. The molecule has 0 aliphatic carbocycles. The van der Waals surface area contributed by atoms with Crippen LogP contribution >= 0.6 is 0 Å². The van der Waals surface area contributed by atoms with Gasteiger partial charge in [0, 0.05) is 145 Å². The first-order chi connectivity index (χ1) is 60.2. The largest absolute Gasteiger partial charge is 0.512 e. The molecular formula is C108H97Ir3N6O12-3. The Hall–Kier alpha value is -13.0. The third-order valence-electron chi connectivity index (χ3n) is 21.0. The molecule has 7 aromatic carbocycles. The summed E-state index contributed by atoms with van der Waals surface area (Å²) in [5, 5.41) is 34.0. The summed E-state index contributed by atoms with van der Waals surface area (Å²) >= 11 is 0. The van der Waals surface area contributed by atoms with Gasteiger partial charge in [0.15, 0.2) is 17.3 Å². The molecule has 0 saturated carbocycles. The van der Waals surface area contributed by atoms with E-state index in [4.69, 9.17) is 56.8 Å². The summed E-state index contributed by atoms with van der Waals surface area (Å²) in [5.74, 6) is 3.13. The van der Waals surface area contributed by atoms with Gasteiger partial charge in [-0.05, 0) is 216 Å². The zero-order valence-electron chi connectivity index (χ0n) is 74.8. The molecule has 129 heavy (non-hydrogen) atoms. The second-order valence-corrected chi connectivity index (χ2v) is 33.2. The standard InChI is InChI=1S/C33H23N2O2.C31H27N2O2.C29H23N2O2.3C5H8O2.3Ir/c1-19-6-4-7-20(2)30(19)23-13-11-22(12-14-23)29-18-24-15-17-28(35-32(24)36-29)27-9-5-8-25-26-16-10-21(3)34-33(26)37-31(25)27;1-17(2)21-13-22(18(3)4)15-23(14-21)28-16-20-10-12-27(33-30(20)34-28)26-8-6-7-24-25-11-9-19(5)32-31(25)35-29(24)26;1-17-8-14-22-21-6-5-7-23(26(21)33-28(22)30-17)24-15-11-19-16-25(32-27(19)31-24)18-9-12-20(13-10-18)29(2,3)4;3*1-4(6)3-5(2)7;;;/h4-8,10-18H,1-3H3;6-7,9-18H,1-5H3;5-6,8-16H,1-4H3;3*3,6H,1-2H3;;;/q3*-1;;;;;;. The Bertz CT molecular complexity index is 7330. The van der Waals surface area contributed by atoms with Gasteiger partial charge in [-0.3, -0.25) is 29.3 Å². The fraction of sp³-hybridized carbons (Fsp3) is 0.194. The van der Waals surface area contributed by atoms with Gasteiger partial charge in [0.05, 0.1) is 34.0 Å². The van der Waals surface area contributed by atoms with E-state index in [0.29, 0.717) is 46.1 Å². The van der Waals surface area contributed by atoms with Crippen LogP contribution in [0.25, 0.3) is 178 Å². The van der Waals surface area contributed by atoms with E-state index in [0.717, 1.165) is 150 Å². The minimum Gasteiger partial charge on any atom is -0.512 e. The molecule has 0 fully saturated rings. The number of fused-ring (bicyclic) bond motifs is 12. The van der Waals surface area contributed by atoms with Gasteiger partial charge in [-0.2, -0.15) is 0 Å². The quantitative estimate of drug-likeness (QED) is 0.0583. The molecule has 0 spiro atoms. The van der Waals surface area contributed by atoms with Crippen molar-refractivity contribution in [2.75, 3.05) is 0 Å². The Morgan fingerprint density at radius 3 is 0.946 bits per heavy atom. The van der Waals surface area contributed by atoms with Gasteiger partial charge in [0.25, 0.3) is 0 Å². The molecule has 0 aliphatic heterocycles. The molecule has 0 atom stereocenters. The maximum absolute atomic E-state index is 10.0. The number of furan rings is 6. The van der Waals surface area contributed by atoms with Crippen molar-refractivity contribution in [1.29, 1.82) is 0 Å². The summed E-state index contributed by atoms with van der Waals surface area (Å²) in [5.41, 5.74) is 25.5. The number of aliphatic hydroxyl groups is 3. The van der Waals surface area contributed by atoms with E-state index in [1.807, 2.05) is 124 Å². The van der Waals surface area contributed by atoms with Crippen LogP contribution in [0.15, 0.2) is 274 Å². The zero-order chi connectivity index (χ0) is 89.7. The molecule has 12 aromatic heterocycles. The third-order valence-corrected chi connectivity index (χ3v) is 21.0. The number of benzene rings is 7. The number of aliphatic hydroxyl groups excluding tert-OH is 3. The summed E-state index contributed by atoms with van der Waals surface area (Å²) in [7, 11) is 0. The fourth-order valence-corrected chi connectivity index (χ4v) is 14.9. The van der Waals surface area contributed by atoms with Crippen LogP contribution in [0.3, 0.4) is 0 Å². The van der Waals surface area contributed by atoms with Crippen LogP contribution in [0, 0.1) is 52.8 Å². The maximum atomic E-state index is 10.0. The number of carbonyl (C=O) groups is 3. The van der Waals surface area contributed by atoms with Crippen LogP contribution in [-0.2, 0) is 80.1 Å². The van der Waals surface area contributed by atoms with Gasteiger partial charge in [-0.25, -0.2) is 15.0 Å². The van der Waals surface area contributed by atoms with Gasteiger partial charge in [-0.1, -0.05) is 191 Å². The average molecular weight is 2250 g/mol. The number of pyridine rings is 6. The van der Waals surface area contributed by atoms with Crippen LogP contribution in [-0.4, -0.2) is 62.6 Å². The van der Waals surface area contributed by atoms with Gasteiger partial charge in [-0.15, -0.1) is 54.6 Å². The van der Waals surface area contributed by atoms with Crippen molar-refractivity contribution in [2.24, 2.45) is 0 Å². The monoisotopic (exact) mass is 2250 g/mol. The summed E-state index contributed by atoms with van der Waals surface area (Å²) in [6.45, 7) is 34.3. The van der Waals surface area contributed by atoms with E-state index in [9.17, 15) is 14.4 Å². The number of aryl methyl sites for hydroxylation is 5. The van der Waals surface area contributed by atoms with E-state index in [2.05, 4.69) is 205 Å². The van der Waals surface area contributed by atoms with Crippen LogP contribution in [0.5, 0.6) is 0 Å². The predicted molar refractivity (Wildman–Crippen MR) is 504 cm³/mol. The van der Waals surface area contributed by atoms with E-state index in [-0.39, 0.29) is 100 Å². The smallest absolute Gasteiger partial charge is 0.217 e. The van der Waals surface area contributed by atoms with Gasteiger partial charge in [0.2, 0.25) is 34.3 Å². The Kier molecular flexibility index (Phi) is 31.0. The molecule has 12 heterocycles. The minimum atomic E-state index is -0.125. The van der Waals surface area contributed by atoms with E-state index >= 15 is 0 Å². The van der Waals surface area contributed by atoms with Gasteiger partial charge >= 0.3 is 0 Å². The first kappa shape index (κ1) is 96.7. The second-order valence-electron chi connectivity index (χ2n) is 33.2. The molecule has 18 nitrogen and oxygen atoms in total. The van der Waals surface area contributed by atoms with Crippen molar-refractivity contribution in [3.8, 4) is 78.9 Å². The number of allylic oxidation sites excluding steroid dienone is 6. The second kappa shape index (κ2) is 41.4. The molecule has 21 heteroatoms. The number of rotatable bonds is 12. The number of hydrogen-bond donors (Lipinski definition) is 3. The first-order valence-electron chi connectivity index (χ1n) is 41.6. The Balaban J connectivity index is 0.000000166. The molecule has 19 rings (SSSR count). The number of carbonyl (C=O) groups excluding carboxylic acids is 3. The molecule has 0 saturated heterocycles. The molecule has 3 radical (unpaired) electrons. The summed E-state index contributed by atoms with van der Waals surface area (Å²) in [6.07, 6.45) is 3.50. The van der Waals surface area contributed by atoms with Crippen molar-refractivity contribution in [3.63, 3.8) is 0 Å². The topological polar surface area (TPSA) is 268 Å². The molecular weight excluding hydrogens is 2150 g/mol. The van der Waals surface area contributed by atoms with Gasteiger partial charge in [0.1, 0.15) is 17.3 Å². The van der Waals surface area contributed by atoms with E-state index in [1.54, 1.807) is 0 Å². The van der Waals surface area contributed by atoms with Crippen LogP contribution in [0.1, 0.15) is 147 Å². The Labute approximate surface area is 788 Å². The van der Waals surface area contributed by atoms with Crippen molar-refractivity contribution in [2.45, 2.75) is 142 Å². The van der Waals surface area contributed by atoms with Gasteiger partial charge < -0.3 is 41.8 Å². The van der Waals surface area contributed by atoms with E-state index < -0.39 is 0 Å². The summed E-state index contributed by atoms with van der Waals surface area (Å²) < 4.78 is 37.1. The van der Waals surface area contributed by atoms with Crippen molar-refractivity contribution < 1.29 is 117 Å². The molecule has 3 N–H and O–H groups in total. The van der Waals surface area contributed by atoms with Crippen LogP contribution < -0.4 is 0 Å². The SMILES string of the molecule is CC(=O)C=C(C)O.CC(=O)C=C(C)O.CC(=O)C=C(C)O.Cc1ccc2c(n1)oc1c(-c3ccc4cc(-c5cc(C(C)C)cc(C(C)C)c5)oc4n3)[c-]ccc12.Cc1ccc2c(n1)oc1c(-c3ccc4cc(-c5ccc(-c6c(C)cccc6C)cc5)oc4n3)[c-]ccc12.Cc1ccc2c(n1)oc1c(-c3ccc4cc(-c5ccc(C(C)(C)C)cc5)oc4n3)[c-]ccc12.[Ir].[Ir].[Ir]. The molecule has 661 valence electrons. The molecule has 19 aromatic rings. The first-order valence-corrected chi connectivity index (χ1v) is 41.6. The third kappa shape index (κ3) is 22.6. The molecule has 0 amide bonds. The number of ketones is 3. The average Bonchev–Trinajstić information content (AvgIpc) is 1.62. The van der Waals surface area contributed by atoms with Crippen LogP contribution in [0.4, 0.5) is 0 Å². The number of hydrogen-bond acceptors (Lipinski definition) is 18. The molecule has 0 aliphatic rings. The van der Waals surface area contributed by atoms with Crippen LogP contribution in [0.2, 0.25) is 0 Å². The molecule has 0 bridgehead atoms. The van der Waals surface area contributed by atoms with Crippen molar-refractivity contribution in [1.82, 2.24) is 29.9 Å². The summed E-state index contributed by atoms with van der Waals surface area (Å²) in [4.78, 5) is 58.2. The number of nitrogens with zero attached hydrogens (tertiary/aromatic N) is 6. The maximum Gasteiger partial charge on any atom is 0.217 e. The Morgan fingerprint density at radius 1 is 0.341 bits per heavy atom. The van der Waals surface area contributed by atoms with Crippen molar-refractivity contribution in [3.05, 3.63) is 311 Å². The van der Waals surface area contributed by atoms with Crippen molar-refractivity contribution >= 4 is 117 Å². The minimum absolute atomic E-state index is 0. The predicted octanol–water partition coefficient (Wildman–Crippen LogP) is 28.6.